The molecular formula is C94H83B2N3S. The van der Waals surface area contributed by atoms with Gasteiger partial charge >= 0.3 is 0 Å². The molecule has 0 fully saturated rings. The maximum absolute atomic E-state index is 2.72. The van der Waals surface area contributed by atoms with Crippen LogP contribution in [0.25, 0.3) is 55.6 Å². The number of hydrogen-bond acceptors (Lipinski definition) is 4. The van der Waals surface area contributed by atoms with Crippen molar-refractivity contribution in [2.75, 3.05) is 14.7 Å². The van der Waals surface area contributed by atoms with Crippen LogP contribution in [0.4, 0.5) is 51.2 Å². The van der Waals surface area contributed by atoms with Crippen LogP contribution < -0.4 is 47.5 Å². The van der Waals surface area contributed by atoms with Crippen LogP contribution in [0.1, 0.15) is 105 Å². The Morgan fingerprint density at radius 2 is 0.600 bits per heavy atom. The van der Waals surface area contributed by atoms with Gasteiger partial charge in [0.15, 0.2) is 0 Å². The fourth-order valence-electron chi connectivity index (χ4n) is 16.2. The monoisotopic (exact) mass is 1310 g/mol. The Bertz CT molecular complexity index is 5260. The molecule has 100 heavy (non-hydrogen) atoms. The number of fused-ring (bicyclic) bond motifs is 8. The summed E-state index contributed by atoms with van der Waals surface area (Å²) in [7, 11) is 0. The Morgan fingerprint density at radius 1 is 0.240 bits per heavy atom. The normalized spacial score (nSPS) is 13.7. The van der Waals surface area contributed by atoms with E-state index in [1.54, 1.807) is 0 Å². The highest BCUT2D eigenvalue weighted by Gasteiger charge is 2.49. The lowest BCUT2D eigenvalue weighted by Crippen LogP contribution is -2.64. The van der Waals surface area contributed by atoms with E-state index in [0.717, 1.165) is 16.9 Å². The van der Waals surface area contributed by atoms with Crippen LogP contribution in [0.15, 0.2) is 295 Å². The Balaban J connectivity index is 1.01. The number of anilines is 9. The summed E-state index contributed by atoms with van der Waals surface area (Å²) in [5.41, 5.74) is 35.1. The first-order chi connectivity index (χ1) is 48.2. The van der Waals surface area contributed by atoms with Crippen LogP contribution >= 0.6 is 11.8 Å². The summed E-state index contributed by atoms with van der Waals surface area (Å²) in [6, 6.07) is 110. The molecule has 0 aliphatic carbocycles. The van der Waals surface area contributed by atoms with Gasteiger partial charge in [0.25, 0.3) is 6.71 Å². The molecule has 6 heteroatoms. The van der Waals surface area contributed by atoms with E-state index in [4.69, 9.17) is 0 Å². The third-order valence-corrected chi connectivity index (χ3v) is 22.6. The molecule has 4 heterocycles. The molecule has 486 valence electrons. The third kappa shape index (κ3) is 10.6. The van der Waals surface area contributed by atoms with Gasteiger partial charge in [-0.1, -0.05) is 331 Å². The molecule has 0 unspecified atom stereocenters. The number of rotatable bonds is 8. The highest BCUT2D eigenvalue weighted by atomic mass is 32.2. The van der Waals surface area contributed by atoms with Crippen molar-refractivity contribution in [3.8, 4) is 55.6 Å². The first-order valence-electron chi connectivity index (χ1n) is 35.7. The van der Waals surface area contributed by atoms with Crippen LogP contribution in [-0.2, 0) is 21.7 Å². The molecule has 0 radical (unpaired) electrons. The molecule has 4 aliphatic heterocycles. The van der Waals surface area contributed by atoms with E-state index in [2.05, 4.69) is 383 Å². The van der Waals surface area contributed by atoms with Gasteiger partial charge in [-0.3, -0.25) is 0 Å². The molecule has 0 N–H and O–H groups in total. The Labute approximate surface area is 597 Å². The van der Waals surface area contributed by atoms with Crippen molar-refractivity contribution in [2.45, 2.75) is 115 Å². The van der Waals surface area contributed by atoms with Gasteiger partial charge in [0.1, 0.15) is 0 Å². The van der Waals surface area contributed by atoms with E-state index in [1.165, 1.54) is 155 Å². The average molecular weight is 1310 g/mol. The van der Waals surface area contributed by atoms with E-state index < -0.39 is 0 Å². The van der Waals surface area contributed by atoms with Gasteiger partial charge in [-0.2, -0.15) is 0 Å². The Kier molecular flexibility index (Phi) is 15.0. The maximum atomic E-state index is 2.72. The number of benzene rings is 13. The van der Waals surface area contributed by atoms with Gasteiger partial charge in [-0.05, 0) is 159 Å². The molecule has 0 amide bonds. The smallest absolute Gasteiger partial charge is 0.252 e. The van der Waals surface area contributed by atoms with Crippen molar-refractivity contribution in [1.82, 2.24) is 0 Å². The van der Waals surface area contributed by atoms with Gasteiger partial charge in [0.05, 0.1) is 11.4 Å². The van der Waals surface area contributed by atoms with Crippen LogP contribution in [-0.4, -0.2) is 13.4 Å². The first-order valence-corrected chi connectivity index (χ1v) is 36.5. The van der Waals surface area contributed by atoms with Gasteiger partial charge in [-0.15, -0.1) is 0 Å². The second-order valence-corrected chi connectivity index (χ2v) is 33.2. The molecule has 0 atom stereocenters. The van der Waals surface area contributed by atoms with E-state index in [9.17, 15) is 0 Å². The average Bonchev–Trinajstić information content (AvgIpc) is 0.685. The molecule has 0 aromatic heterocycles. The summed E-state index contributed by atoms with van der Waals surface area (Å²) >= 11 is 1.97. The molecule has 0 saturated heterocycles. The van der Waals surface area contributed by atoms with Crippen molar-refractivity contribution in [1.29, 1.82) is 0 Å². The summed E-state index contributed by atoms with van der Waals surface area (Å²) in [5, 5.41) is 0. The van der Waals surface area contributed by atoms with Crippen molar-refractivity contribution >= 4 is 109 Å². The predicted octanol–water partition coefficient (Wildman–Crippen LogP) is 22.1. The van der Waals surface area contributed by atoms with Crippen molar-refractivity contribution in [2.24, 2.45) is 0 Å². The summed E-state index contributed by atoms with van der Waals surface area (Å²) in [6.07, 6.45) is 0. The topological polar surface area (TPSA) is 9.72 Å². The van der Waals surface area contributed by atoms with Gasteiger partial charge in [0.2, 0.25) is 6.71 Å². The molecule has 0 spiro atoms. The van der Waals surface area contributed by atoms with Crippen LogP contribution in [0, 0.1) is 0 Å². The quantitative estimate of drug-likeness (QED) is 0.140. The maximum Gasteiger partial charge on any atom is 0.252 e. The summed E-state index contributed by atoms with van der Waals surface area (Å²) in [6.45, 7) is 28.0. The first kappa shape index (κ1) is 63.2. The number of hydrogen-bond donors (Lipinski definition) is 0. The molecule has 0 bridgehead atoms. The van der Waals surface area contributed by atoms with Crippen molar-refractivity contribution in [3.63, 3.8) is 0 Å². The molecule has 13 aromatic carbocycles. The minimum atomic E-state index is -0.189. The largest absolute Gasteiger partial charge is 0.311 e. The number of nitrogens with zero attached hydrogens (tertiary/aromatic N) is 3. The van der Waals surface area contributed by atoms with Gasteiger partial charge in [0, 0.05) is 71.9 Å². The molecule has 0 saturated carbocycles. The van der Waals surface area contributed by atoms with Gasteiger partial charge in [-0.25, -0.2) is 0 Å². The SMILES string of the molecule is CC(C)(C)c1ccc(N2c3cc(C(C)(C)C)ccc3B3c4cc5c(cc4N(c4c(-c6ccccc6)cccc4-c4ccccc4)c4cc(-c6ccccc6)cc2c43)Sc2cc(C(C)(C)C)cc3c2B5c2ccc(C(C)(C)C)cc2N3c2c(-c3ccccc3)cccc2-c2ccccc2)cc1. The Morgan fingerprint density at radius 3 is 1.03 bits per heavy atom. The minimum absolute atomic E-state index is 0.0284. The molecule has 3 nitrogen and oxygen atoms in total. The summed E-state index contributed by atoms with van der Waals surface area (Å²) < 4.78 is 0. The lowest BCUT2D eigenvalue weighted by atomic mass is 9.31. The molecular weight excluding hydrogens is 1220 g/mol. The van der Waals surface area contributed by atoms with Crippen LogP contribution in [0.2, 0.25) is 0 Å². The molecule has 17 rings (SSSR count). The minimum Gasteiger partial charge on any atom is -0.311 e. The lowest BCUT2D eigenvalue weighted by molar-refractivity contribution is 0.589. The van der Waals surface area contributed by atoms with Gasteiger partial charge < -0.3 is 14.7 Å². The second kappa shape index (κ2) is 23.7. The molecule has 4 aliphatic rings. The van der Waals surface area contributed by atoms with E-state index in [-0.39, 0.29) is 35.1 Å². The second-order valence-electron chi connectivity index (χ2n) is 32.1. The van der Waals surface area contributed by atoms with Crippen LogP contribution in [0.5, 0.6) is 0 Å². The summed E-state index contributed by atoms with van der Waals surface area (Å²) in [5.74, 6) is 0. The highest BCUT2D eigenvalue weighted by Crippen LogP contribution is 2.55. The third-order valence-electron chi connectivity index (χ3n) is 21.5. The zero-order valence-electron chi connectivity index (χ0n) is 59.5. The highest BCUT2D eigenvalue weighted by molar-refractivity contribution is 8.00. The van der Waals surface area contributed by atoms with Crippen molar-refractivity contribution in [3.05, 3.63) is 307 Å². The fraction of sp³-hybridized carbons (Fsp3) is 0.170. The Hall–Kier alpha value is -10.3. The van der Waals surface area contributed by atoms with E-state index in [1.807, 2.05) is 11.8 Å². The number of para-hydroxylation sites is 2. The van der Waals surface area contributed by atoms with Crippen molar-refractivity contribution < 1.29 is 0 Å². The predicted molar refractivity (Wildman–Crippen MR) is 432 cm³/mol. The standard InChI is InChI=1S/C94H83B2N3S/c1-91(2,3)66-44-48-70(49-45-66)97-79-54-67(92(4,5)6)46-50-75(79)95-77-58-78-85(59-81(77)99(83-53-65(52-82(97)87(83)95)60-30-18-13-19-31-60)90-73(63-36-24-16-25-37-63)42-29-43-74(90)64-38-26-17-27-39-64)100-86-57-69(94(10,11)12)56-84-88(86)96(78)76-51-47-68(93(7,8)9)55-80(76)98(84)89-71(61-32-20-14-21-33-61)40-28-41-72(89)62-34-22-15-23-35-62/h13-59H,1-12H3. The summed E-state index contributed by atoms with van der Waals surface area (Å²) in [4.78, 5) is 10.6. The lowest BCUT2D eigenvalue weighted by Gasteiger charge is -2.47. The molecule has 13 aromatic rings. The zero-order valence-corrected chi connectivity index (χ0v) is 60.4. The fourth-order valence-corrected chi connectivity index (χ4v) is 17.5. The van der Waals surface area contributed by atoms with E-state index in [0.29, 0.717) is 0 Å². The van der Waals surface area contributed by atoms with E-state index >= 15 is 0 Å². The van der Waals surface area contributed by atoms with Crippen LogP contribution in [0.3, 0.4) is 0 Å². The zero-order chi connectivity index (χ0) is 68.7.